The highest BCUT2D eigenvalue weighted by molar-refractivity contribution is 5.90. The van der Waals surface area contributed by atoms with Crippen LogP contribution in [0.25, 0.3) is 0 Å². The van der Waals surface area contributed by atoms with Gasteiger partial charge in [-0.3, -0.25) is 4.90 Å². The van der Waals surface area contributed by atoms with Gasteiger partial charge in [0, 0.05) is 33.4 Å². The van der Waals surface area contributed by atoms with E-state index >= 15 is 0 Å². The Kier molecular flexibility index (Phi) is 16.8. The summed E-state index contributed by atoms with van der Waals surface area (Å²) in [6.07, 6.45) is -2.80. The zero-order chi connectivity index (χ0) is 45.6. The summed E-state index contributed by atoms with van der Waals surface area (Å²) in [7, 11) is 7.51. The highest BCUT2D eigenvalue weighted by Gasteiger charge is 2.51. The van der Waals surface area contributed by atoms with Crippen LogP contribution in [0, 0.1) is 11.8 Å². The second-order valence-electron chi connectivity index (χ2n) is 18.7. The molecule has 11 atom stereocenters. The van der Waals surface area contributed by atoms with Crippen LogP contribution in [0.15, 0.2) is 72.0 Å². The number of hydrogen-bond acceptors (Lipinski definition) is 14. The number of carbonyl (C=O) groups excluding carboxylic acids is 2. The molecule has 14 nitrogen and oxygen atoms in total. The molecular weight excluding hydrogens is 797 g/mol. The molecule has 2 fully saturated rings. The van der Waals surface area contributed by atoms with Gasteiger partial charge in [0.1, 0.15) is 18.0 Å². The highest BCUT2D eigenvalue weighted by atomic mass is 16.8. The van der Waals surface area contributed by atoms with E-state index in [1.807, 2.05) is 97.1 Å². The fourth-order valence-corrected chi connectivity index (χ4v) is 9.10. The zero-order valence-corrected chi connectivity index (χ0v) is 39.1. The minimum absolute atomic E-state index is 0.0551. The largest absolute Gasteiger partial charge is 0.456 e. The second-order valence-corrected chi connectivity index (χ2v) is 18.7. The molecule has 2 aromatic carbocycles. The first-order chi connectivity index (χ1) is 29.2. The van der Waals surface area contributed by atoms with Crippen molar-refractivity contribution in [3.8, 4) is 0 Å². The van der Waals surface area contributed by atoms with E-state index in [2.05, 4.69) is 11.8 Å². The van der Waals surface area contributed by atoms with Gasteiger partial charge in [-0.05, 0) is 92.2 Å². The number of likely N-dealkylation sites (N-methyl/N-ethyl adjacent to an activating group) is 2. The maximum absolute atomic E-state index is 13.7. The third-order valence-electron chi connectivity index (χ3n) is 12.3. The SMILES string of the molecule is CO[C@](C)(C[C@@H](C)CN(C)[C@@H](CO)[C@H](OCc1ccccc1)[C@@H]1COC(C)(C)O1)[C@H](O[C@@H]1O[C@H](C)C[C@H](N(C)C)[C@H]1OC(=O)c1ccccc1)[C@@H](C)C1=C(C)C(=O)OC(C)(C)O1. The minimum atomic E-state index is -1.23. The molecule has 3 aliphatic heterocycles. The van der Waals surface area contributed by atoms with Gasteiger partial charge in [0.25, 0.3) is 0 Å². The molecule has 3 aliphatic rings. The first kappa shape index (κ1) is 49.6. The van der Waals surface area contributed by atoms with E-state index < -0.39 is 71.8 Å². The normalized spacial score (nSPS) is 27.2. The van der Waals surface area contributed by atoms with Crippen molar-refractivity contribution in [2.45, 2.75) is 148 Å². The van der Waals surface area contributed by atoms with Crippen molar-refractivity contribution in [3.63, 3.8) is 0 Å². The Morgan fingerprint density at radius 3 is 2.21 bits per heavy atom. The van der Waals surface area contributed by atoms with E-state index in [4.69, 9.17) is 42.6 Å². The van der Waals surface area contributed by atoms with E-state index in [1.54, 1.807) is 52.1 Å². The molecule has 346 valence electrons. The molecule has 62 heavy (non-hydrogen) atoms. The van der Waals surface area contributed by atoms with Gasteiger partial charge in [-0.25, -0.2) is 9.59 Å². The Bertz CT molecular complexity index is 1790. The van der Waals surface area contributed by atoms with Gasteiger partial charge in [0.05, 0.1) is 60.8 Å². The fraction of sp³-hybridized carbons (Fsp3) is 0.667. The molecule has 0 unspecified atom stereocenters. The molecule has 0 radical (unpaired) electrons. The van der Waals surface area contributed by atoms with Crippen LogP contribution < -0.4 is 0 Å². The Hall–Kier alpha value is -3.44. The summed E-state index contributed by atoms with van der Waals surface area (Å²) in [6, 6.07) is 18.1. The lowest BCUT2D eigenvalue weighted by Crippen LogP contribution is -2.60. The molecule has 0 spiro atoms. The van der Waals surface area contributed by atoms with E-state index in [1.165, 1.54) is 0 Å². The van der Waals surface area contributed by atoms with Crippen LogP contribution in [-0.4, -0.2) is 141 Å². The van der Waals surface area contributed by atoms with Crippen LogP contribution in [0.2, 0.25) is 0 Å². The summed E-state index contributed by atoms with van der Waals surface area (Å²) >= 11 is 0. The van der Waals surface area contributed by atoms with E-state index in [9.17, 15) is 14.7 Å². The number of ether oxygens (including phenoxy) is 9. The summed E-state index contributed by atoms with van der Waals surface area (Å²) in [4.78, 5) is 31.1. The summed E-state index contributed by atoms with van der Waals surface area (Å²) in [6.45, 7) is 17.8. The molecule has 0 saturated carbocycles. The average molecular weight is 869 g/mol. The number of cyclic esters (lactones) is 1. The molecule has 3 heterocycles. The van der Waals surface area contributed by atoms with Gasteiger partial charge in [-0.15, -0.1) is 0 Å². The van der Waals surface area contributed by atoms with Crippen molar-refractivity contribution in [3.05, 3.63) is 83.1 Å². The topological polar surface area (TPSA) is 144 Å². The maximum Gasteiger partial charge on any atom is 0.340 e. The monoisotopic (exact) mass is 869 g/mol. The van der Waals surface area contributed by atoms with Crippen LogP contribution in [0.3, 0.4) is 0 Å². The predicted octanol–water partition coefficient (Wildman–Crippen LogP) is 6.34. The number of rotatable bonds is 20. The third-order valence-corrected chi connectivity index (χ3v) is 12.3. The summed E-state index contributed by atoms with van der Waals surface area (Å²) < 4.78 is 57.4. The van der Waals surface area contributed by atoms with Gasteiger partial charge in [-0.2, -0.15) is 0 Å². The molecule has 5 rings (SSSR count). The van der Waals surface area contributed by atoms with Crippen molar-refractivity contribution >= 4 is 11.9 Å². The predicted molar refractivity (Wildman–Crippen MR) is 233 cm³/mol. The van der Waals surface area contributed by atoms with Gasteiger partial charge in [-0.1, -0.05) is 62.4 Å². The van der Waals surface area contributed by atoms with E-state index in [0.29, 0.717) is 49.5 Å². The second kappa shape index (κ2) is 21.0. The number of benzene rings is 2. The number of aliphatic hydroxyl groups excluding tert-OH is 1. The molecule has 2 aromatic rings. The fourth-order valence-electron chi connectivity index (χ4n) is 9.10. The molecule has 14 heteroatoms. The van der Waals surface area contributed by atoms with Crippen LogP contribution in [0.1, 0.15) is 91.1 Å². The van der Waals surface area contributed by atoms with Crippen LogP contribution in [0.5, 0.6) is 0 Å². The number of carbonyl (C=O) groups is 2. The smallest absolute Gasteiger partial charge is 0.340 e. The quantitative estimate of drug-likeness (QED) is 0.148. The Morgan fingerprint density at radius 2 is 1.63 bits per heavy atom. The number of hydrogen-bond donors (Lipinski definition) is 1. The van der Waals surface area contributed by atoms with Crippen molar-refractivity contribution in [2.75, 3.05) is 48.0 Å². The van der Waals surface area contributed by atoms with Gasteiger partial charge in [0.15, 0.2) is 18.2 Å². The zero-order valence-electron chi connectivity index (χ0n) is 39.1. The number of methoxy groups -OCH3 is 1. The lowest BCUT2D eigenvalue weighted by atomic mass is 9.80. The van der Waals surface area contributed by atoms with Crippen LogP contribution >= 0.6 is 0 Å². The molecule has 0 amide bonds. The molecule has 1 N–H and O–H groups in total. The minimum Gasteiger partial charge on any atom is -0.456 e. The molecular formula is C48H72N2O12. The van der Waals surface area contributed by atoms with Crippen molar-refractivity contribution in [1.29, 1.82) is 0 Å². The Labute approximate surface area is 369 Å². The van der Waals surface area contributed by atoms with Crippen molar-refractivity contribution in [1.82, 2.24) is 9.80 Å². The Morgan fingerprint density at radius 1 is 0.984 bits per heavy atom. The highest BCUT2D eigenvalue weighted by Crippen LogP contribution is 2.41. The van der Waals surface area contributed by atoms with Gasteiger partial charge >= 0.3 is 11.9 Å². The van der Waals surface area contributed by atoms with E-state index in [0.717, 1.165) is 5.56 Å². The number of nitrogens with zero attached hydrogens (tertiary/aromatic N) is 2. The summed E-state index contributed by atoms with van der Waals surface area (Å²) in [5, 5.41) is 11.0. The lowest BCUT2D eigenvalue weighted by Gasteiger charge is -2.48. The Balaban J connectivity index is 1.46. The number of aliphatic hydroxyl groups is 1. The first-order valence-corrected chi connectivity index (χ1v) is 21.9. The summed E-state index contributed by atoms with van der Waals surface area (Å²) in [5.41, 5.74) is 0.696. The molecule has 2 saturated heterocycles. The average Bonchev–Trinajstić information content (AvgIpc) is 3.59. The molecule has 0 aromatic heterocycles. The molecule has 0 aliphatic carbocycles. The maximum atomic E-state index is 13.7. The van der Waals surface area contributed by atoms with Gasteiger partial charge < -0.3 is 52.6 Å². The van der Waals surface area contributed by atoms with Gasteiger partial charge in [0.2, 0.25) is 5.79 Å². The standard InChI is InChI=1S/C48H72N2O12/c1-30(26-50(12)37(27-51)40(38-29-56-46(5,6)60-38)55-28-34-20-16-14-17-21-34)25-48(9,54-13)42(32(3)39-33(4)43(52)62-47(7,8)61-39)59-45-41(36(49(10)11)24-31(2)57-45)58-44(53)35-22-18-15-19-23-35/h14-23,30-32,36-38,40-42,45,51H,24-29H2,1-13H3/t30-,31-,32+,36+,37+,38+,40+,41-,42-,45+,48-/m1/s1. The van der Waals surface area contributed by atoms with Crippen LogP contribution in [0.4, 0.5) is 0 Å². The number of esters is 2. The van der Waals surface area contributed by atoms with Crippen LogP contribution in [-0.2, 0) is 54.0 Å². The third kappa shape index (κ3) is 12.4. The van der Waals surface area contributed by atoms with Crippen molar-refractivity contribution < 1.29 is 57.3 Å². The first-order valence-electron chi connectivity index (χ1n) is 21.9. The van der Waals surface area contributed by atoms with Crippen molar-refractivity contribution in [2.24, 2.45) is 11.8 Å². The lowest BCUT2D eigenvalue weighted by molar-refractivity contribution is -0.298. The molecule has 0 bridgehead atoms. The summed E-state index contributed by atoms with van der Waals surface area (Å²) in [5.74, 6) is -3.22. The van der Waals surface area contributed by atoms with E-state index in [-0.39, 0.29) is 24.7 Å².